The number of aryl methyl sites for hydroxylation is 2. The van der Waals surface area contributed by atoms with Crippen molar-refractivity contribution in [1.82, 2.24) is 14.7 Å². The molecule has 0 saturated heterocycles. The Balaban J connectivity index is 2.85. The number of carboxylic acids is 1. The molecule has 0 atom stereocenters. The monoisotopic (exact) mass is 281 g/mol. The van der Waals surface area contributed by atoms with Gasteiger partial charge in [-0.1, -0.05) is 6.92 Å². The number of carbonyl (C=O) groups excluding carboxylic acids is 1. The summed E-state index contributed by atoms with van der Waals surface area (Å²) in [6.07, 6.45) is 2.96. The summed E-state index contributed by atoms with van der Waals surface area (Å²) in [6, 6.07) is 0.0289. The van der Waals surface area contributed by atoms with Crippen molar-refractivity contribution in [2.75, 3.05) is 6.54 Å². The van der Waals surface area contributed by atoms with Crippen LogP contribution in [0.3, 0.4) is 0 Å². The molecule has 112 valence electrons. The molecule has 0 radical (unpaired) electrons. The number of amides is 1. The Hall–Kier alpha value is -1.85. The second-order valence-electron chi connectivity index (χ2n) is 5.11. The summed E-state index contributed by atoms with van der Waals surface area (Å²) in [7, 11) is 1.79. The quantitative estimate of drug-likeness (QED) is 0.825. The minimum Gasteiger partial charge on any atom is -0.481 e. The molecule has 1 rings (SSSR count). The van der Waals surface area contributed by atoms with Gasteiger partial charge in [0.25, 0.3) is 5.91 Å². The summed E-state index contributed by atoms with van der Waals surface area (Å²) in [4.78, 5) is 24.9. The number of hydrogen-bond donors (Lipinski definition) is 1. The van der Waals surface area contributed by atoms with Crippen molar-refractivity contribution >= 4 is 11.9 Å². The lowest BCUT2D eigenvalue weighted by Gasteiger charge is -2.26. The fourth-order valence-electron chi connectivity index (χ4n) is 2.12. The van der Waals surface area contributed by atoms with Gasteiger partial charge in [-0.05, 0) is 26.7 Å². The van der Waals surface area contributed by atoms with E-state index in [4.69, 9.17) is 5.11 Å². The van der Waals surface area contributed by atoms with Gasteiger partial charge in [0, 0.05) is 32.3 Å². The summed E-state index contributed by atoms with van der Waals surface area (Å²) in [5.41, 5.74) is 1.39. The molecule has 1 heterocycles. The molecule has 0 bridgehead atoms. The van der Waals surface area contributed by atoms with E-state index in [1.165, 1.54) is 0 Å². The average molecular weight is 281 g/mol. The number of carbonyl (C=O) groups is 2. The Labute approximate surface area is 119 Å². The minimum absolute atomic E-state index is 0.0289. The van der Waals surface area contributed by atoms with Gasteiger partial charge in [-0.15, -0.1) is 0 Å². The Morgan fingerprint density at radius 1 is 1.45 bits per heavy atom. The SMILES string of the molecule is CCc1nn(C)cc1C(=O)N(CCCC(=O)O)C(C)C. The first-order valence-corrected chi connectivity index (χ1v) is 6.92. The number of aliphatic carboxylic acids is 1. The summed E-state index contributed by atoms with van der Waals surface area (Å²) >= 11 is 0. The normalized spacial score (nSPS) is 10.8. The van der Waals surface area contributed by atoms with Gasteiger partial charge in [0.15, 0.2) is 0 Å². The maximum absolute atomic E-state index is 12.6. The van der Waals surface area contributed by atoms with Gasteiger partial charge in [0.2, 0.25) is 0 Å². The second-order valence-corrected chi connectivity index (χ2v) is 5.11. The smallest absolute Gasteiger partial charge is 0.303 e. The highest BCUT2D eigenvalue weighted by atomic mass is 16.4. The van der Waals surface area contributed by atoms with Gasteiger partial charge in [-0.3, -0.25) is 14.3 Å². The molecule has 0 saturated carbocycles. The average Bonchev–Trinajstić information content (AvgIpc) is 2.74. The van der Waals surface area contributed by atoms with Crippen LogP contribution in [0.5, 0.6) is 0 Å². The van der Waals surface area contributed by atoms with E-state index < -0.39 is 5.97 Å². The predicted octanol–water partition coefficient (Wildman–Crippen LogP) is 1.70. The third kappa shape index (κ3) is 4.08. The van der Waals surface area contributed by atoms with E-state index >= 15 is 0 Å². The highest BCUT2D eigenvalue weighted by Gasteiger charge is 2.22. The summed E-state index contributed by atoms with van der Waals surface area (Å²) in [5, 5.41) is 13.0. The molecule has 0 spiro atoms. The minimum atomic E-state index is -0.836. The molecule has 1 amide bonds. The zero-order valence-electron chi connectivity index (χ0n) is 12.6. The number of rotatable bonds is 7. The van der Waals surface area contributed by atoms with Gasteiger partial charge in [-0.2, -0.15) is 5.10 Å². The molecular formula is C14H23N3O3. The molecular weight excluding hydrogens is 258 g/mol. The van der Waals surface area contributed by atoms with E-state index in [1.807, 2.05) is 20.8 Å². The summed E-state index contributed by atoms with van der Waals surface area (Å²) in [6.45, 7) is 6.27. The topological polar surface area (TPSA) is 75.4 Å². The van der Waals surface area contributed by atoms with Crippen LogP contribution >= 0.6 is 0 Å². The molecule has 0 aliphatic heterocycles. The zero-order chi connectivity index (χ0) is 15.3. The van der Waals surface area contributed by atoms with E-state index in [2.05, 4.69) is 5.10 Å². The van der Waals surface area contributed by atoms with Crippen LogP contribution in [0.4, 0.5) is 0 Å². The van der Waals surface area contributed by atoms with Gasteiger partial charge in [0.1, 0.15) is 0 Å². The van der Waals surface area contributed by atoms with Crippen LogP contribution in [0, 0.1) is 0 Å². The van der Waals surface area contributed by atoms with E-state index in [-0.39, 0.29) is 18.4 Å². The molecule has 1 N–H and O–H groups in total. The highest BCUT2D eigenvalue weighted by Crippen LogP contribution is 2.14. The van der Waals surface area contributed by atoms with Crippen LogP contribution in [-0.2, 0) is 18.3 Å². The Morgan fingerprint density at radius 3 is 2.60 bits per heavy atom. The van der Waals surface area contributed by atoms with Crippen molar-refractivity contribution in [3.63, 3.8) is 0 Å². The van der Waals surface area contributed by atoms with Gasteiger partial charge >= 0.3 is 5.97 Å². The molecule has 0 aliphatic rings. The summed E-state index contributed by atoms with van der Waals surface area (Å²) in [5.74, 6) is -0.910. The standard InChI is InChI=1S/C14H23N3O3/c1-5-12-11(9-16(4)15-12)14(20)17(10(2)3)8-6-7-13(18)19/h9-10H,5-8H2,1-4H3,(H,18,19). The van der Waals surface area contributed by atoms with Crippen LogP contribution < -0.4 is 0 Å². The number of carboxylic acid groups (broad SMARTS) is 1. The summed E-state index contributed by atoms with van der Waals surface area (Å²) < 4.78 is 1.64. The fourth-order valence-corrected chi connectivity index (χ4v) is 2.12. The van der Waals surface area contributed by atoms with Crippen LogP contribution in [0.2, 0.25) is 0 Å². The lowest BCUT2D eigenvalue weighted by molar-refractivity contribution is -0.137. The van der Waals surface area contributed by atoms with Crippen molar-refractivity contribution in [1.29, 1.82) is 0 Å². The van der Waals surface area contributed by atoms with Crippen LogP contribution in [0.15, 0.2) is 6.20 Å². The van der Waals surface area contributed by atoms with Crippen molar-refractivity contribution in [2.24, 2.45) is 7.05 Å². The molecule has 1 aromatic heterocycles. The van der Waals surface area contributed by atoms with Crippen LogP contribution in [0.1, 0.15) is 49.7 Å². The molecule has 0 aromatic carbocycles. The zero-order valence-corrected chi connectivity index (χ0v) is 12.6. The lowest BCUT2D eigenvalue weighted by Crippen LogP contribution is -2.38. The number of hydrogen-bond acceptors (Lipinski definition) is 3. The largest absolute Gasteiger partial charge is 0.481 e. The maximum atomic E-state index is 12.6. The Morgan fingerprint density at radius 2 is 2.10 bits per heavy atom. The third-order valence-corrected chi connectivity index (χ3v) is 3.14. The molecule has 0 unspecified atom stereocenters. The Kier molecular flexibility index (Phi) is 5.73. The lowest BCUT2D eigenvalue weighted by atomic mass is 10.1. The van der Waals surface area contributed by atoms with E-state index in [1.54, 1.807) is 22.8 Å². The molecule has 1 aromatic rings. The molecule has 0 fully saturated rings. The van der Waals surface area contributed by atoms with Gasteiger partial charge in [-0.25, -0.2) is 0 Å². The molecule has 6 nitrogen and oxygen atoms in total. The first kappa shape index (κ1) is 16.2. The van der Waals surface area contributed by atoms with E-state index in [0.29, 0.717) is 24.9 Å². The van der Waals surface area contributed by atoms with Crippen molar-refractivity contribution in [3.05, 3.63) is 17.5 Å². The molecule has 20 heavy (non-hydrogen) atoms. The number of aromatic nitrogens is 2. The fraction of sp³-hybridized carbons (Fsp3) is 0.643. The van der Waals surface area contributed by atoms with Crippen molar-refractivity contribution in [2.45, 2.75) is 46.1 Å². The van der Waals surface area contributed by atoms with Gasteiger partial charge in [0.05, 0.1) is 11.3 Å². The maximum Gasteiger partial charge on any atom is 0.303 e. The highest BCUT2D eigenvalue weighted by molar-refractivity contribution is 5.95. The van der Waals surface area contributed by atoms with Crippen molar-refractivity contribution in [3.8, 4) is 0 Å². The molecule has 0 aliphatic carbocycles. The Bertz CT molecular complexity index is 480. The second kappa shape index (κ2) is 7.07. The number of nitrogens with zero attached hydrogens (tertiary/aromatic N) is 3. The molecule has 6 heteroatoms. The van der Waals surface area contributed by atoms with Gasteiger partial charge < -0.3 is 10.0 Å². The van der Waals surface area contributed by atoms with Crippen LogP contribution in [0.25, 0.3) is 0 Å². The first-order chi connectivity index (χ1) is 9.36. The van der Waals surface area contributed by atoms with E-state index in [0.717, 1.165) is 5.69 Å². The van der Waals surface area contributed by atoms with E-state index in [9.17, 15) is 9.59 Å². The van der Waals surface area contributed by atoms with Crippen molar-refractivity contribution < 1.29 is 14.7 Å². The third-order valence-electron chi connectivity index (χ3n) is 3.14. The first-order valence-electron chi connectivity index (χ1n) is 6.92. The predicted molar refractivity (Wildman–Crippen MR) is 75.6 cm³/mol. The van der Waals surface area contributed by atoms with Crippen LogP contribution in [-0.4, -0.2) is 44.3 Å².